The number of nitrogens with zero attached hydrogens (tertiary/aromatic N) is 3. The fraction of sp³-hybridized carbons (Fsp3) is 0.588. The van der Waals surface area contributed by atoms with Gasteiger partial charge in [0.25, 0.3) is 11.6 Å². The quantitative estimate of drug-likeness (QED) is 0.647. The van der Waals surface area contributed by atoms with Gasteiger partial charge in [0.15, 0.2) is 0 Å². The summed E-state index contributed by atoms with van der Waals surface area (Å²) < 4.78 is 0. The van der Waals surface area contributed by atoms with Crippen LogP contribution in [0, 0.1) is 15.5 Å². The molecule has 2 saturated heterocycles. The molecule has 1 atom stereocenters. The minimum absolute atomic E-state index is 0. The van der Waals surface area contributed by atoms with Gasteiger partial charge in [0, 0.05) is 57.0 Å². The van der Waals surface area contributed by atoms with Gasteiger partial charge in [-0.05, 0) is 30.5 Å². The molecule has 0 aliphatic carbocycles. The molecule has 8 heteroatoms. The van der Waals surface area contributed by atoms with Crippen LogP contribution in [0.1, 0.15) is 23.7 Å². The Kier molecular flexibility index (Phi) is 6.37. The molecule has 2 aliphatic rings. The average Bonchev–Trinajstić information content (AvgIpc) is 3.01. The zero-order valence-electron chi connectivity index (χ0n) is 14.4. The summed E-state index contributed by atoms with van der Waals surface area (Å²) >= 11 is 0. The molecule has 1 aromatic rings. The molecular formula is C17H25ClN4O3. The molecule has 0 bridgehead atoms. The number of rotatable bonds is 4. The zero-order chi connectivity index (χ0) is 17.2. The Morgan fingerprint density at radius 2 is 1.88 bits per heavy atom. The first-order valence-electron chi connectivity index (χ1n) is 8.44. The number of nitro groups is 1. The summed E-state index contributed by atoms with van der Waals surface area (Å²) in [6, 6.07) is 5.85. The highest BCUT2D eigenvalue weighted by Crippen LogP contribution is 2.26. The number of non-ortho nitro benzene ring substituents is 1. The molecule has 1 aromatic carbocycles. The average molecular weight is 369 g/mol. The van der Waals surface area contributed by atoms with Crippen LogP contribution in [-0.2, 0) is 0 Å². The first-order valence-corrected chi connectivity index (χ1v) is 8.44. The molecule has 1 amide bonds. The summed E-state index contributed by atoms with van der Waals surface area (Å²) in [5, 5.41) is 14.1. The van der Waals surface area contributed by atoms with Gasteiger partial charge in [-0.25, -0.2) is 0 Å². The van der Waals surface area contributed by atoms with E-state index in [2.05, 4.69) is 17.1 Å². The van der Waals surface area contributed by atoms with Crippen molar-refractivity contribution in [2.45, 2.75) is 13.3 Å². The van der Waals surface area contributed by atoms with E-state index in [1.165, 1.54) is 30.7 Å². The molecule has 3 rings (SSSR count). The normalized spacial score (nSPS) is 24.0. The van der Waals surface area contributed by atoms with Gasteiger partial charge in [-0.1, -0.05) is 6.92 Å². The summed E-state index contributed by atoms with van der Waals surface area (Å²) in [7, 11) is 0. The topological polar surface area (TPSA) is 78.7 Å². The smallest absolute Gasteiger partial charge is 0.269 e. The van der Waals surface area contributed by atoms with E-state index in [-0.39, 0.29) is 24.0 Å². The molecule has 0 spiro atoms. The van der Waals surface area contributed by atoms with Crippen LogP contribution in [0.3, 0.4) is 0 Å². The van der Waals surface area contributed by atoms with Gasteiger partial charge >= 0.3 is 0 Å². The van der Waals surface area contributed by atoms with E-state index in [9.17, 15) is 14.9 Å². The molecule has 2 aliphatic heterocycles. The van der Waals surface area contributed by atoms with Crippen molar-refractivity contribution in [2.75, 3.05) is 45.8 Å². The Hall–Kier alpha value is -1.70. The Balaban J connectivity index is 0.00000225. The summed E-state index contributed by atoms with van der Waals surface area (Å²) in [6.45, 7) is 8.73. The largest absolute Gasteiger partial charge is 0.336 e. The number of piperazine rings is 1. The number of amides is 1. The molecule has 0 aromatic heterocycles. The van der Waals surface area contributed by atoms with Crippen LogP contribution in [0.4, 0.5) is 5.69 Å². The SMILES string of the molecule is CC1(CN2CCN(C(=O)c3ccc([N+](=O)[O-])cc3)CC2)CCNC1.Cl. The van der Waals surface area contributed by atoms with Crippen molar-refractivity contribution < 1.29 is 9.72 Å². The van der Waals surface area contributed by atoms with Crippen molar-refractivity contribution >= 4 is 24.0 Å². The number of hydrogen-bond donors (Lipinski definition) is 1. The van der Waals surface area contributed by atoms with Crippen molar-refractivity contribution in [3.8, 4) is 0 Å². The first kappa shape index (κ1) is 19.6. The Morgan fingerprint density at radius 3 is 2.40 bits per heavy atom. The van der Waals surface area contributed by atoms with Crippen molar-refractivity contribution in [3.63, 3.8) is 0 Å². The maximum Gasteiger partial charge on any atom is 0.269 e. The Labute approximate surface area is 153 Å². The predicted molar refractivity (Wildman–Crippen MR) is 98.3 cm³/mol. The predicted octanol–water partition coefficient (Wildman–Crippen LogP) is 1.77. The van der Waals surface area contributed by atoms with Gasteiger partial charge in [0.1, 0.15) is 0 Å². The van der Waals surface area contributed by atoms with E-state index in [0.29, 0.717) is 24.1 Å². The van der Waals surface area contributed by atoms with Crippen LogP contribution >= 0.6 is 12.4 Å². The Bertz CT molecular complexity index is 609. The summed E-state index contributed by atoms with van der Waals surface area (Å²) in [4.78, 5) is 27.0. The monoisotopic (exact) mass is 368 g/mol. The standard InChI is InChI=1S/C17H24N4O3.ClH/c1-17(6-7-18-12-17)13-19-8-10-20(11-9-19)16(22)14-2-4-15(5-3-14)21(23)24;/h2-5,18H,6-13H2,1H3;1H. The molecule has 2 heterocycles. The highest BCUT2D eigenvalue weighted by molar-refractivity contribution is 5.94. The molecule has 1 N–H and O–H groups in total. The molecule has 7 nitrogen and oxygen atoms in total. The lowest BCUT2D eigenvalue weighted by atomic mass is 9.89. The van der Waals surface area contributed by atoms with Crippen LogP contribution in [-0.4, -0.2) is 66.4 Å². The lowest BCUT2D eigenvalue weighted by Crippen LogP contribution is -2.51. The number of halogens is 1. The molecule has 1 unspecified atom stereocenters. The van der Waals surface area contributed by atoms with Gasteiger partial charge in [-0.15, -0.1) is 12.4 Å². The molecule has 0 saturated carbocycles. The third-order valence-corrected chi connectivity index (χ3v) is 5.05. The lowest BCUT2D eigenvalue weighted by Gasteiger charge is -2.38. The van der Waals surface area contributed by atoms with E-state index in [0.717, 1.165) is 32.7 Å². The first-order chi connectivity index (χ1) is 11.5. The molecule has 0 radical (unpaired) electrons. The van der Waals surface area contributed by atoms with Crippen molar-refractivity contribution in [2.24, 2.45) is 5.41 Å². The third-order valence-electron chi connectivity index (χ3n) is 5.05. The van der Waals surface area contributed by atoms with Crippen molar-refractivity contribution in [1.29, 1.82) is 0 Å². The van der Waals surface area contributed by atoms with Gasteiger partial charge in [-0.3, -0.25) is 19.8 Å². The fourth-order valence-corrected chi connectivity index (χ4v) is 3.56. The highest BCUT2D eigenvalue weighted by Gasteiger charge is 2.32. The number of nitrogens with one attached hydrogen (secondary N) is 1. The second-order valence-electron chi connectivity index (χ2n) is 7.11. The minimum Gasteiger partial charge on any atom is -0.336 e. The number of hydrogen-bond acceptors (Lipinski definition) is 5. The van der Waals surface area contributed by atoms with Crippen LogP contribution < -0.4 is 5.32 Å². The molecule has 25 heavy (non-hydrogen) atoms. The van der Waals surface area contributed by atoms with Crippen LogP contribution in [0.15, 0.2) is 24.3 Å². The molecular weight excluding hydrogens is 344 g/mol. The highest BCUT2D eigenvalue weighted by atomic mass is 35.5. The van der Waals surface area contributed by atoms with E-state index in [4.69, 9.17) is 0 Å². The fourth-order valence-electron chi connectivity index (χ4n) is 3.56. The van der Waals surface area contributed by atoms with Crippen molar-refractivity contribution in [1.82, 2.24) is 15.1 Å². The minimum atomic E-state index is -0.453. The molecule has 2 fully saturated rings. The number of carbonyl (C=O) groups excluding carboxylic acids is 1. The Morgan fingerprint density at radius 1 is 1.24 bits per heavy atom. The van der Waals surface area contributed by atoms with Gasteiger partial charge < -0.3 is 10.2 Å². The van der Waals surface area contributed by atoms with E-state index < -0.39 is 4.92 Å². The maximum atomic E-state index is 12.5. The van der Waals surface area contributed by atoms with E-state index in [1.54, 1.807) is 0 Å². The molecule has 138 valence electrons. The number of nitro benzene ring substituents is 1. The van der Waals surface area contributed by atoms with E-state index in [1.807, 2.05) is 4.90 Å². The van der Waals surface area contributed by atoms with Crippen molar-refractivity contribution in [3.05, 3.63) is 39.9 Å². The van der Waals surface area contributed by atoms with E-state index >= 15 is 0 Å². The lowest BCUT2D eigenvalue weighted by molar-refractivity contribution is -0.384. The third kappa shape index (κ3) is 4.68. The van der Waals surface area contributed by atoms with Gasteiger partial charge in [0.2, 0.25) is 0 Å². The van der Waals surface area contributed by atoms with Crippen LogP contribution in [0.2, 0.25) is 0 Å². The van der Waals surface area contributed by atoms with Crippen LogP contribution in [0.25, 0.3) is 0 Å². The zero-order valence-corrected chi connectivity index (χ0v) is 15.3. The summed E-state index contributed by atoms with van der Waals surface area (Å²) in [5.41, 5.74) is 0.862. The van der Waals surface area contributed by atoms with Gasteiger partial charge in [0.05, 0.1) is 4.92 Å². The second-order valence-corrected chi connectivity index (χ2v) is 7.11. The van der Waals surface area contributed by atoms with Crippen LogP contribution in [0.5, 0.6) is 0 Å². The van der Waals surface area contributed by atoms with Gasteiger partial charge in [-0.2, -0.15) is 0 Å². The maximum absolute atomic E-state index is 12.5. The number of benzene rings is 1. The second kappa shape index (κ2) is 8.12. The summed E-state index contributed by atoms with van der Waals surface area (Å²) in [6.07, 6.45) is 1.20. The number of carbonyl (C=O) groups is 1. The summed E-state index contributed by atoms with van der Waals surface area (Å²) in [5.74, 6) is -0.0432.